The Morgan fingerprint density at radius 2 is 2.05 bits per heavy atom. The number of para-hydroxylation sites is 1. The van der Waals surface area contributed by atoms with E-state index in [1.165, 1.54) is 0 Å². The maximum atomic E-state index is 5.90. The van der Waals surface area contributed by atoms with Gasteiger partial charge in [0, 0.05) is 11.6 Å². The fourth-order valence-corrected chi connectivity index (χ4v) is 1.84. The smallest absolute Gasteiger partial charge is 0.234 e. The van der Waals surface area contributed by atoms with Crippen molar-refractivity contribution in [2.24, 2.45) is 0 Å². The van der Waals surface area contributed by atoms with Gasteiger partial charge in [-0.05, 0) is 25.5 Å². The van der Waals surface area contributed by atoms with Crippen molar-refractivity contribution < 1.29 is 4.74 Å². The number of nitrogens with zero attached hydrogens (tertiary/aromatic N) is 2. The average Bonchev–Trinajstić information content (AvgIpc) is 2.39. The third-order valence-corrected chi connectivity index (χ3v) is 2.68. The molecule has 0 fully saturated rings. The molecule has 0 spiro atoms. The lowest BCUT2D eigenvalue weighted by Gasteiger charge is -2.11. The Morgan fingerprint density at radius 1 is 1.26 bits per heavy atom. The van der Waals surface area contributed by atoms with E-state index in [1.54, 1.807) is 12.4 Å². The molecule has 1 aromatic carbocycles. The van der Waals surface area contributed by atoms with Gasteiger partial charge >= 0.3 is 0 Å². The number of anilines is 2. The van der Waals surface area contributed by atoms with Gasteiger partial charge in [0.2, 0.25) is 5.88 Å². The third-order valence-electron chi connectivity index (χ3n) is 2.39. The highest BCUT2D eigenvalue weighted by Crippen LogP contribution is 2.21. The Kier molecular flexibility index (Phi) is 4.58. The van der Waals surface area contributed by atoms with Crippen molar-refractivity contribution in [2.45, 2.75) is 25.8 Å². The molecule has 0 amide bonds. The maximum Gasteiger partial charge on any atom is 0.234 e. The lowest BCUT2D eigenvalue weighted by Crippen LogP contribution is -2.08. The summed E-state index contributed by atoms with van der Waals surface area (Å²) in [6.45, 7) is 3.90. The first-order valence-electron chi connectivity index (χ1n) is 6.08. The van der Waals surface area contributed by atoms with E-state index in [1.807, 2.05) is 38.1 Å². The summed E-state index contributed by atoms with van der Waals surface area (Å²) in [4.78, 5) is 8.45. The van der Waals surface area contributed by atoms with Crippen LogP contribution in [0.15, 0.2) is 36.7 Å². The number of halogens is 1. The van der Waals surface area contributed by atoms with E-state index in [2.05, 4.69) is 15.3 Å². The normalized spacial score (nSPS) is 10.5. The van der Waals surface area contributed by atoms with Gasteiger partial charge in [0.25, 0.3) is 0 Å². The van der Waals surface area contributed by atoms with Crippen molar-refractivity contribution in [2.75, 3.05) is 5.32 Å². The second kappa shape index (κ2) is 6.38. The van der Waals surface area contributed by atoms with Crippen LogP contribution in [-0.4, -0.2) is 16.1 Å². The quantitative estimate of drug-likeness (QED) is 0.846. The predicted molar refractivity (Wildman–Crippen MR) is 77.1 cm³/mol. The molecule has 1 heterocycles. The van der Waals surface area contributed by atoms with E-state index >= 15 is 0 Å². The van der Waals surface area contributed by atoms with Gasteiger partial charge in [-0.25, -0.2) is 0 Å². The van der Waals surface area contributed by atoms with E-state index in [0.717, 1.165) is 11.3 Å². The topological polar surface area (TPSA) is 47.0 Å². The molecule has 0 radical (unpaired) electrons. The Balaban J connectivity index is 2.18. The van der Waals surface area contributed by atoms with Crippen LogP contribution in [-0.2, 0) is 5.88 Å². The molecule has 0 aliphatic rings. The van der Waals surface area contributed by atoms with Crippen LogP contribution in [0.5, 0.6) is 5.88 Å². The number of benzene rings is 1. The van der Waals surface area contributed by atoms with Crippen molar-refractivity contribution in [3.8, 4) is 5.88 Å². The van der Waals surface area contributed by atoms with Crippen LogP contribution in [0.3, 0.4) is 0 Å². The molecule has 2 rings (SSSR count). The van der Waals surface area contributed by atoms with Crippen LogP contribution in [0.1, 0.15) is 19.4 Å². The molecule has 1 N–H and O–H groups in total. The number of rotatable bonds is 5. The molecule has 0 unspecified atom stereocenters. The van der Waals surface area contributed by atoms with Crippen LogP contribution >= 0.6 is 11.6 Å². The SMILES string of the molecule is CC(C)Oc1cncc(Nc2ccccc2CCl)n1. The molecule has 5 heteroatoms. The first-order valence-corrected chi connectivity index (χ1v) is 6.62. The van der Waals surface area contributed by atoms with E-state index in [4.69, 9.17) is 16.3 Å². The molecule has 19 heavy (non-hydrogen) atoms. The number of hydrogen-bond donors (Lipinski definition) is 1. The van der Waals surface area contributed by atoms with Crippen molar-refractivity contribution in [3.63, 3.8) is 0 Å². The highest BCUT2D eigenvalue weighted by atomic mass is 35.5. The Labute approximate surface area is 117 Å². The van der Waals surface area contributed by atoms with Crippen LogP contribution in [0.4, 0.5) is 11.5 Å². The van der Waals surface area contributed by atoms with Gasteiger partial charge in [-0.15, -0.1) is 11.6 Å². The zero-order valence-corrected chi connectivity index (χ0v) is 11.7. The van der Waals surface area contributed by atoms with E-state index in [9.17, 15) is 0 Å². The molecule has 0 atom stereocenters. The van der Waals surface area contributed by atoms with Gasteiger partial charge in [0.05, 0.1) is 18.5 Å². The summed E-state index contributed by atoms with van der Waals surface area (Å²) in [7, 11) is 0. The summed E-state index contributed by atoms with van der Waals surface area (Å²) in [6, 6.07) is 7.82. The highest BCUT2D eigenvalue weighted by molar-refractivity contribution is 6.17. The molecule has 0 saturated carbocycles. The summed E-state index contributed by atoms with van der Waals surface area (Å²) < 4.78 is 5.51. The number of alkyl halides is 1. The van der Waals surface area contributed by atoms with Gasteiger partial charge in [-0.3, -0.25) is 4.98 Å². The molecule has 100 valence electrons. The van der Waals surface area contributed by atoms with E-state index in [0.29, 0.717) is 17.6 Å². The number of hydrogen-bond acceptors (Lipinski definition) is 4. The minimum atomic E-state index is 0.0691. The fraction of sp³-hybridized carbons (Fsp3) is 0.286. The van der Waals surface area contributed by atoms with Crippen molar-refractivity contribution in [3.05, 3.63) is 42.2 Å². The second-order valence-corrected chi connectivity index (χ2v) is 4.59. The molecule has 0 aliphatic heterocycles. The average molecular weight is 278 g/mol. The van der Waals surface area contributed by atoms with Gasteiger partial charge in [0.15, 0.2) is 5.82 Å². The molecular formula is C14H16ClN3O. The van der Waals surface area contributed by atoms with Gasteiger partial charge in [-0.2, -0.15) is 4.98 Å². The minimum absolute atomic E-state index is 0.0691. The molecule has 4 nitrogen and oxygen atoms in total. The van der Waals surface area contributed by atoms with Gasteiger partial charge in [-0.1, -0.05) is 18.2 Å². The summed E-state index contributed by atoms with van der Waals surface area (Å²) in [5.41, 5.74) is 1.94. The Bertz CT molecular complexity index is 546. The van der Waals surface area contributed by atoms with Gasteiger partial charge < -0.3 is 10.1 Å². The van der Waals surface area contributed by atoms with E-state index < -0.39 is 0 Å². The van der Waals surface area contributed by atoms with Crippen molar-refractivity contribution in [1.29, 1.82) is 0 Å². The number of ether oxygens (including phenoxy) is 1. The second-order valence-electron chi connectivity index (χ2n) is 4.32. The largest absolute Gasteiger partial charge is 0.474 e. The molecule has 0 saturated heterocycles. The van der Waals surface area contributed by atoms with Crippen LogP contribution < -0.4 is 10.1 Å². The van der Waals surface area contributed by atoms with Crippen LogP contribution in [0, 0.1) is 0 Å². The van der Waals surface area contributed by atoms with Crippen molar-refractivity contribution >= 4 is 23.1 Å². The maximum absolute atomic E-state index is 5.90. The Hall–Kier alpha value is -1.81. The van der Waals surface area contributed by atoms with E-state index in [-0.39, 0.29) is 6.10 Å². The molecular weight excluding hydrogens is 262 g/mol. The summed E-state index contributed by atoms with van der Waals surface area (Å²) in [5.74, 6) is 1.58. The number of aromatic nitrogens is 2. The molecule has 0 bridgehead atoms. The third kappa shape index (κ3) is 3.83. The molecule has 0 aliphatic carbocycles. The van der Waals surface area contributed by atoms with Crippen LogP contribution in [0.25, 0.3) is 0 Å². The van der Waals surface area contributed by atoms with Gasteiger partial charge in [0.1, 0.15) is 0 Å². The summed E-state index contributed by atoms with van der Waals surface area (Å²) >= 11 is 5.90. The summed E-state index contributed by atoms with van der Waals surface area (Å²) in [6.07, 6.45) is 3.32. The summed E-state index contributed by atoms with van der Waals surface area (Å²) in [5, 5.41) is 3.20. The lowest BCUT2D eigenvalue weighted by molar-refractivity contribution is 0.232. The fourth-order valence-electron chi connectivity index (χ4n) is 1.60. The standard InChI is InChI=1S/C14H16ClN3O/c1-10(2)19-14-9-16-8-13(18-14)17-12-6-4-3-5-11(12)7-15/h3-6,8-10H,7H2,1-2H3,(H,17,18). The minimum Gasteiger partial charge on any atom is -0.474 e. The highest BCUT2D eigenvalue weighted by Gasteiger charge is 2.05. The Morgan fingerprint density at radius 3 is 2.79 bits per heavy atom. The van der Waals surface area contributed by atoms with Crippen molar-refractivity contribution in [1.82, 2.24) is 9.97 Å². The predicted octanol–water partition coefficient (Wildman–Crippen LogP) is 3.75. The molecule has 2 aromatic rings. The zero-order valence-electron chi connectivity index (χ0n) is 10.9. The molecule has 1 aromatic heterocycles. The first kappa shape index (κ1) is 13.6. The zero-order chi connectivity index (χ0) is 13.7. The number of nitrogens with one attached hydrogen (secondary N) is 1. The lowest BCUT2D eigenvalue weighted by atomic mass is 10.2. The first-order chi connectivity index (χ1) is 9.19. The van der Waals surface area contributed by atoms with Crippen LogP contribution in [0.2, 0.25) is 0 Å². The monoisotopic (exact) mass is 277 g/mol.